The van der Waals surface area contributed by atoms with Crippen LogP contribution in [0.4, 0.5) is 0 Å². The number of hydrogen-bond donors (Lipinski definition) is 1. The zero-order valence-corrected chi connectivity index (χ0v) is 11.4. The molecule has 96 valence electrons. The van der Waals surface area contributed by atoms with Crippen molar-refractivity contribution in [2.45, 2.75) is 6.54 Å². The van der Waals surface area contributed by atoms with Crippen LogP contribution in [-0.2, 0) is 6.54 Å². The van der Waals surface area contributed by atoms with E-state index in [4.69, 9.17) is 14.7 Å². The predicted octanol–water partition coefficient (Wildman–Crippen LogP) is 3.22. The third-order valence-corrected chi connectivity index (χ3v) is 3.31. The molecule has 0 atom stereocenters. The molecule has 19 heavy (non-hydrogen) atoms. The lowest BCUT2D eigenvalue weighted by molar-refractivity contribution is 0.412. The van der Waals surface area contributed by atoms with E-state index in [9.17, 15) is 0 Å². The summed E-state index contributed by atoms with van der Waals surface area (Å²) >= 11 is 3.45. The van der Waals surface area contributed by atoms with E-state index in [0.29, 0.717) is 29.8 Å². The Kier molecular flexibility index (Phi) is 3.18. The number of furan rings is 1. The highest BCUT2D eigenvalue weighted by atomic mass is 79.9. The van der Waals surface area contributed by atoms with Gasteiger partial charge in [0.2, 0.25) is 5.82 Å². The predicted molar refractivity (Wildman–Crippen MR) is 73.0 cm³/mol. The van der Waals surface area contributed by atoms with Crippen molar-refractivity contribution < 1.29 is 8.94 Å². The smallest absolute Gasteiger partial charge is 0.293 e. The van der Waals surface area contributed by atoms with Crippen molar-refractivity contribution in [1.29, 1.82) is 0 Å². The van der Waals surface area contributed by atoms with Crippen LogP contribution in [0.15, 0.2) is 49.8 Å². The van der Waals surface area contributed by atoms with Crippen LogP contribution in [0.2, 0.25) is 0 Å². The molecule has 0 spiro atoms. The van der Waals surface area contributed by atoms with Gasteiger partial charge in [-0.05, 0) is 24.3 Å². The number of rotatable bonds is 3. The summed E-state index contributed by atoms with van der Waals surface area (Å²) in [7, 11) is 0. The Bertz CT molecular complexity index is 705. The molecule has 0 saturated carbocycles. The molecule has 2 aromatic heterocycles. The third kappa shape index (κ3) is 2.32. The maximum Gasteiger partial charge on any atom is 0.293 e. The van der Waals surface area contributed by atoms with Crippen molar-refractivity contribution in [2.24, 2.45) is 5.73 Å². The summed E-state index contributed by atoms with van der Waals surface area (Å²) in [5, 5.41) is 3.95. The first-order valence-corrected chi connectivity index (χ1v) is 6.45. The topological polar surface area (TPSA) is 78.1 Å². The van der Waals surface area contributed by atoms with E-state index in [1.54, 1.807) is 12.1 Å². The molecule has 0 aliphatic heterocycles. The second-order valence-electron chi connectivity index (χ2n) is 3.87. The average molecular weight is 320 g/mol. The molecular weight excluding hydrogens is 310 g/mol. The van der Waals surface area contributed by atoms with Gasteiger partial charge in [-0.3, -0.25) is 0 Å². The van der Waals surface area contributed by atoms with E-state index in [-0.39, 0.29) is 0 Å². The molecule has 5 nitrogen and oxygen atoms in total. The van der Waals surface area contributed by atoms with Crippen molar-refractivity contribution in [2.75, 3.05) is 0 Å². The first kappa shape index (κ1) is 12.1. The Morgan fingerprint density at radius 2 is 2.00 bits per heavy atom. The van der Waals surface area contributed by atoms with Crippen LogP contribution < -0.4 is 5.73 Å². The highest BCUT2D eigenvalue weighted by Gasteiger charge is 2.15. The van der Waals surface area contributed by atoms with Gasteiger partial charge in [0.15, 0.2) is 5.76 Å². The number of halogens is 1. The molecule has 0 amide bonds. The maximum atomic E-state index is 5.49. The highest BCUT2D eigenvalue weighted by molar-refractivity contribution is 9.10. The minimum atomic E-state index is 0.338. The van der Waals surface area contributed by atoms with Crippen LogP contribution in [0.1, 0.15) is 5.76 Å². The zero-order valence-electron chi connectivity index (χ0n) is 9.84. The second kappa shape index (κ2) is 4.99. The molecule has 6 heteroatoms. The summed E-state index contributed by atoms with van der Waals surface area (Å²) in [6.07, 6.45) is 0. The molecule has 0 aliphatic carbocycles. The number of benzene rings is 1. The molecule has 0 saturated heterocycles. The Balaban J connectivity index is 1.97. The van der Waals surface area contributed by atoms with Crippen molar-refractivity contribution in [3.05, 3.63) is 46.6 Å². The summed E-state index contributed by atoms with van der Waals surface area (Å²) in [6.45, 7) is 0.339. The van der Waals surface area contributed by atoms with Gasteiger partial charge >= 0.3 is 0 Å². The maximum absolute atomic E-state index is 5.49. The SMILES string of the molecule is NCc1ccc(-c2nc(-c3ccccc3Br)no2)o1. The van der Waals surface area contributed by atoms with Gasteiger partial charge in [0.05, 0.1) is 6.54 Å². The van der Waals surface area contributed by atoms with Gasteiger partial charge in [-0.1, -0.05) is 33.2 Å². The second-order valence-corrected chi connectivity index (χ2v) is 4.73. The summed E-state index contributed by atoms with van der Waals surface area (Å²) in [5.74, 6) is 2.04. The summed E-state index contributed by atoms with van der Waals surface area (Å²) < 4.78 is 11.6. The fraction of sp³-hybridized carbons (Fsp3) is 0.0769. The highest BCUT2D eigenvalue weighted by Crippen LogP contribution is 2.28. The van der Waals surface area contributed by atoms with Gasteiger partial charge in [0.1, 0.15) is 5.76 Å². The fourth-order valence-corrected chi connectivity index (χ4v) is 2.14. The average Bonchev–Trinajstić information content (AvgIpc) is 3.08. The number of nitrogens with zero attached hydrogens (tertiary/aromatic N) is 2. The van der Waals surface area contributed by atoms with Gasteiger partial charge in [-0.2, -0.15) is 4.98 Å². The van der Waals surface area contributed by atoms with Crippen LogP contribution in [0.25, 0.3) is 23.0 Å². The Labute approximate surface area is 117 Å². The molecule has 0 fully saturated rings. The van der Waals surface area contributed by atoms with Crippen molar-refractivity contribution in [3.63, 3.8) is 0 Å². The first-order valence-electron chi connectivity index (χ1n) is 5.65. The first-order chi connectivity index (χ1) is 9.28. The largest absolute Gasteiger partial charge is 0.455 e. The van der Waals surface area contributed by atoms with E-state index in [1.165, 1.54) is 0 Å². The molecule has 0 bridgehead atoms. The molecule has 1 aromatic carbocycles. The van der Waals surface area contributed by atoms with E-state index in [2.05, 4.69) is 26.1 Å². The Morgan fingerprint density at radius 3 is 2.74 bits per heavy atom. The standard InChI is InChI=1S/C13H10BrN3O2/c14-10-4-2-1-3-9(10)12-16-13(19-17-12)11-6-5-8(7-15)18-11/h1-6H,7,15H2. The number of nitrogens with two attached hydrogens (primary N) is 1. The third-order valence-electron chi connectivity index (χ3n) is 2.61. The van der Waals surface area contributed by atoms with Gasteiger partial charge < -0.3 is 14.7 Å². The molecule has 0 unspecified atom stereocenters. The monoisotopic (exact) mass is 319 g/mol. The van der Waals surface area contributed by atoms with Crippen molar-refractivity contribution in [1.82, 2.24) is 10.1 Å². The zero-order chi connectivity index (χ0) is 13.2. The van der Waals surface area contributed by atoms with Gasteiger partial charge in [0, 0.05) is 10.0 Å². The van der Waals surface area contributed by atoms with E-state index >= 15 is 0 Å². The molecule has 0 radical (unpaired) electrons. The Hall–Kier alpha value is -1.92. The van der Waals surface area contributed by atoms with E-state index in [0.717, 1.165) is 10.0 Å². The minimum absolute atomic E-state index is 0.338. The Morgan fingerprint density at radius 1 is 1.16 bits per heavy atom. The van der Waals surface area contributed by atoms with Crippen LogP contribution in [0.3, 0.4) is 0 Å². The molecule has 2 N–H and O–H groups in total. The molecule has 0 aliphatic rings. The van der Waals surface area contributed by atoms with Crippen LogP contribution >= 0.6 is 15.9 Å². The van der Waals surface area contributed by atoms with Crippen molar-refractivity contribution in [3.8, 4) is 23.0 Å². The van der Waals surface area contributed by atoms with Crippen molar-refractivity contribution >= 4 is 15.9 Å². The normalized spacial score (nSPS) is 10.8. The molecule has 2 heterocycles. The minimum Gasteiger partial charge on any atom is -0.455 e. The number of aromatic nitrogens is 2. The van der Waals surface area contributed by atoms with Gasteiger partial charge in [0.25, 0.3) is 5.89 Å². The summed E-state index contributed by atoms with van der Waals surface area (Å²) in [5.41, 5.74) is 6.35. The molecule has 3 aromatic rings. The molecule has 3 rings (SSSR count). The van der Waals surface area contributed by atoms with Crippen LogP contribution in [0, 0.1) is 0 Å². The number of hydrogen-bond acceptors (Lipinski definition) is 5. The van der Waals surface area contributed by atoms with Gasteiger partial charge in [-0.25, -0.2) is 0 Å². The fourth-order valence-electron chi connectivity index (χ4n) is 1.68. The molecular formula is C13H10BrN3O2. The lowest BCUT2D eigenvalue weighted by Crippen LogP contribution is -1.92. The van der Waals surface area contributed by atoms with Crippen LogP contribution in [0.5, 0.6) is 0 Å². The van der Waals surface area contributed by atoms with Crippen LogP contribution in [-0.4, -0.2) is 10.1 Å². The summed E-state index contributed by atoms with van der Waals surface area (Å²) in [6, 6.07) is 11.2. The van der Waals surface area contributed by atoms with Gasteiger partial charge in [-0.15, -0.1) is 0 Å². The lowest BCUT2D eigenvalue weighted by Gasteiger charge is -1.96. The quantitative estimate of drug-likeness (QED) is 0.801. The summed E-state index contributed by atoms with van der Waals surface area (Å²) in [4.78, 5) is 4.32. The van der Waals surface area contributed by atoms with E-state index < -0.39 is 0 Å². The van der Waals surface area contributed by atoms with E-state index in [1.807, 2.05) is 24.3 Å². The lowest BCUT2D eigenvalue weighted by atomic mass is 10.2.